The Morgan fingerprint density at radius 3 is 2.93 bits per heavy atom. The summed E-state index contributed by atoms with van der Waals surface area (Å²) < 4.78 is 6.81. The molecule has 1 aromatic heterocycles. The van der Waals surface area contributed by atoms with E-state index in [9.17, 15) is 10.1 Å². The van der Waals surface area contributed by atoms with E-state index >= 15 is 0 Å². The molecule has 78 valence electrons. The summed E-state index contributed by atoms with van der Waals surface area (Å²) in [5, 5.41) is 14.3. The van der Waals surface area contributed by atoms with Gasteiger partial charge in [0.15, 0.2) is 0 Å². The van der Waals surface area contributed by atoms with Gasteiger partial charge in [0.2, 0.25) is 0 Å². The van der Waals surface area contributed by atoms with Crippen molar-refractivity contribution in [1.29, 1.82) is 0 Å². The Balaban J connectivity index is 2.90. The number of methoxy groups -OCH3 is 1. The quantitative estimate of drug-likeness (QED) is 0.613. The van der Waals surface area contributed by atoms with Crippen molar-refractivity contribution in [2.75, 3.05) is 13.7 Å². The third-order valence-electron chi connectivity index (χ3n) is 1.70. The van der Waals surface area contributed by atoms with Crippen molar-refractivity contribution >= 4 is 21.7 Å². The lowest BCUT2D eigenvalue weighted by atomic mass is 10.4. The van der Waals surface area contributed by atoms with E-state index in [1.807, 2.05) is 6.92 Å². The van der Waals surface area contributed by atoms with Crippen molar-refractivity contribution in [3.05, 3.63) is 20.8 Å². The molecule has 7 heteroatoms. The van der Waals surface area contributed by atoms with E-state index in [0.29, 0.717) is 11.1 Å². The van der Waals surface area contributed by atoms with Gasteiger partial charge in [-0.1, -0.05) is 0 Å². The Kier molecular flexibility index (Phi) is 3.59. The number of hydrogen-bond donors (Lipinski definition) is 0. The summed E-state index contributed by atoms with van der Waals surface area (Å²) in [5.41, 5.74) is 0. The number of nitrogens with zero attached hydrogens (tertiary/aromatic N) is 3. The fraction of sp³-hybridized carbons (Fsp3) is 0.571. The average Bonchev–Trinajstić information content (AvgIpc) is 2.48. The van der Waals surface area contributed by atoms with Crippen LogP contribution in [0.4, 0.5) is 5.82 Å². The largest absolute Gasteiger partial charge is 0.404 e. The van der Waals surface area contributed by atoms with Gasteiger partial charge in [-0.3, -0.25) is 0 Å². The molecule has 0 amide bonds. The van der Waals surface area contributed by atoms with Gasteiger partial charge in [0.25, 0.3) is 0 Å². The maximum absolute atomic E-state index is 10.5. The Bertz CT molecular complexity index is 339. The van der Waals surface area contributed by atoms with Crippen molar-refractivity contribution < 1.29 is 9.66 Å². The van der Waals surface area contributed by atoms with E-state index in [1.54, 1.807) is 13.3 Å². The lowest BCUT2D eigenvalue weighted by Crippen LogP contribution is -2.11. The number of aromatic nitrogens is 2. The molecule has 0 spiro atoms. The molecule has 0 aliphatic rings. The fourth-order valence-electron chi connectivity index (χ4n) is 1.03. The number of nitro groups is 1. The summed E-state index contributed by atoms with van der Waals surface area (Å²) in [5.74, 6) is -0.173. The fourth-order valence-corrected chi connectivity index (χ4v) is 1.46. The monoisotopic (exact) mass is 263 g/mol. The highest BCUT2D eigenvalue weighted by Crippen LogP contribution is 2.23. The first-order chi connectivity index (χ1) is 6.56. The molecule has 0 fully saturated rings. The second-order valence-electron chi connectivity index (χ2n) is 2.84. The second-order valence-corrected chi connectivity index (χ2v) is 3.70. The summed E-state index contributed by atoms with van der Waals surface area (Å²) in [6.07, 6.45) is 1.57. The van der Waals surface area contributed by atoms with Crippen LogP contribution in [-0.2, 0) is 4.74 Å². The molecule has 1 heterocycles. The van der Waals surface area contributed by atoms with Gasteiger partial charge in [-0.2, -0.15) is 4.68 Å². The van der Waals surface area contributed by atoms with Gasteiger partial charge in [-0.25, -0.2) is 0 Å². The molecule has 1 atom stereocenters. The number of rotatable bonds is 4. The second kappa shape index (κ2) is 4.52. The minimum Gasteiger partial charge on any atom is -0.382 e. The van der Waals surface area contributed by atoms with Crippen LogP contribution in [-0.4, -0.2) is 28.4 Å². The van der Waals surface area contributed by atoms with Gasteiger partial charge in [0, 0.05) is 7.11 Å². The molecule has 0 saturated carbocycles. The Labute approximate surface area is 89.1 Å². The molecule has 0 aromatic carbocycles. The lowest BCUT2D eigenvalue weighted by molar-refractivity contribution is -0.390. The SMILES string of the molecule is COCC(C)n1cc(Br)c([N+](=O)[O-])n1. The highest BCUT2D eigenvalue weighted by molar-refractivity contribution is 9.10. The van der Waals surface area contributed by atoms with Crippen LogP contribution in [0.15, 0.2) is 10.7 Å². The van der Waals surface area contributed by atoms with Crippen LogP contribution >= 0.6 is 15.9 Å². The molecule has 1 rings (SSSR count). The normalized spacial score (nSPS) is 12.8. The van der Waals surface area contributed by atoms with Crippen LogP contribution in [0.1, 0.15) is 13.0 Å². The lowest BCUT2D eigenvalue weighted by Gasteiger charge is -2.05. The standard InChI is InChI=1S/C7H10BrN3O3/c1-5(4-14-2)10-3-6(8)7(9-10)11(12)13/h3,5H,4H2,1-2H3. The predicted octanol–water partition coefficient (Wildman–Crippen LogP) is 1.76. The number of halogens is 1. The topological polar surface area (TPSA) is 70.2 Å². The van der Waals surface area contributed by atoms with Crippen molar-refractivity contribution in [1.82, 2.24) is 9.78 Å². The van der Waals surface area contributed by atoms with E-state index in [2.05, 4.69) is 21.0 Å². The van der Waals surface area contributed by atoms with Crippen LogP contribution in [0, 0.1) is 10.1 Å². The van der Waals surface area contributed by atoms with Crippen molar-refractivity contribution in [2.45, 2.75) is 13.0 Å². The molecule has 14 heavy (non-hydrogen) atoms. The zero-order chi connectivity index (χ0) is 10.7. The van der Waals surface area contributed by atoms with Gasteiger partial charge in [0.05, 0.1) is 23.9 Å². The van der Waals surface area contributed by atoms with Crippen LogP contribution in [0.3, 0.4) is 0 Å². The van der Waals surface area contributed by atoms with Gasteiger partial charge in [-0.05, 0) is 27.8 Å². The van der Waals surface area contributed by atoms with Gasteiger partial charge in [-0.15, -0.1) is 0 Å². The van der Waals surface area contributed by atoms with Gasteiger partial charge < -0.3 is 14.9 Å². The zero-order valence-corrected chi connectivity index (χ0v) is 9.39. The molecule has 0 aliphatic carbocycles. The number of ether oxygens (including phenoxy) is 1. The molecule has 1 unspecified atom stereocenters. The summed E-state index contributed by atoms with van der Waals surface area (Å²) in [4.78, 5) is 9.96. The molecule has 0 saturated heterocycles. The molecule has 0 bridgehead atoms. The summed E-state index contributed by atoms with van der Waals surface area (Å²) in [6, 6.07) is -0.0231. The van der Waals surface area contributed by atoms with Gasteiger partial charge in [0.1, 0.15) is 4.47 Å². The van der Waals surface area contributed by atoms with Gasteiger partial charge >= 0.3 is 5.82 Å². The summed E-state index contributed by atoms with van der Waals surface area (Å²) in [7, 11) is 1.57. The van der Waals surface area contributed by atoms with E-state index in [4.69, 9.17) is 4.74 Å². The summed E-state index contributed by atoms with van der Waals surface area (Å²) in [6.45, 7) is 2.33. The molecule has 1 aromatic rings. The Morgan fingerprint density at radius 2 is 2.50 bits per heavy atom. The van der Waals surface area contributed by atoms with E-state index in [-0.39, 0.29) is 11.9 Å². The van der Waals surface area contributed by atoms with Crippen LogP contribution in [0.25, 0.3) is 0 Å². The van der Waals surface area contributed by atoms with Crippen molar-refractivity contribution in [3.8, 4) is 0 Å². The Morgan fingerprint density at radius 1 is 1.86 bits per heavy atom. The third kappa shape index (κ3) is 2.30. The summed E-state index contributed by atoms with van der Waals surface area (Å²) >= 11 is 3.07. The first kappa shape index (κ1) is 11.1. The minimum absolute atomic E-state index is 0.0231. The number of hydrogen-bond acceptors (Lipinski definition) is 4. The molecule has 6 nitrogen and oxygen atoms in total. The highest BCUT2D eigenvalue weighted by Gasteiger charge is 2.21. The Hall–Kier alpha value is -0.950. The van der Waals surface area contributed by atoms with Crippen molar-refractivity contribution in [3.63, 3.8) is 0 Å². The first-order valence-corrected chi connectivity index (χ1v) is 4.73. The maximum Gasteiger partial charge on any atom is 0.404 e. The smallest absolute Gasteiger partial charge is 0.382 e. The van der Waals surface area contributed by atoms with E-state index in [0.717, 1.165) is 0 Å². The van der Waals surface area contributed by atoms with E-state index < -0.39 is 4.92 Å². The predicted molar refractivity (Wildman–Crippen MR) is 53.2 cm³/mol. The molecular formula is C7H10BrN3O3. The molecular weight excluding hydrogens is 254 g/mol. The van der Waals surface area contributed by atoms with Crippen LogP contribution < -0.4 is 0 Å². The highest BCUT2D eigenvalue weighted by atomic mass is 79.9. The zero-order valence-electron chi connectivity index (χ0n) is 7.81. The van der Waals surface area contributed by atoms with Crippen LogP contribution in [0.2, 0.25) is 0 Å². The third-order valence-corrected chi connectivity index (χ3v) is 2.26. The molecule has 0 radical (unpaired) electrons. The van der Waals surface area contributed by atoms with Crippen LogP contribution in [0.5, 0.6) is 0 Å². The first-order valence-electron chi connectivity index (χ1n) is 3.94. The minimum atomic E-state index is -0.528. The average molecular weight is 264 g/mol. The van der Waals surface area contributed by atoms with E-state index in [1.165, 1.54) is 4.68 Å². The maximum atomic E-state index is 10.5. The molecule has 0 aliphatic heterocycles. The molecule has 0 N–H and O–H groups in total. The van der Waals surface area contributed by atoms with Crippen molar-refractivity contribution in [2.24, 2.45) is 0 Å².